The van der Waals surface area contributed by atoms with Crippen molar-refractivity contribution in [3.05, 3.63) is 50.2 Å². The van der Waals surface area contributed by atoms with E-state index in [1.54, 1.807) is 11.3 Å². The highest BCUT2D eigenvalue weighted by Crippen LogP contribution is 2.33. The van der Waals surface area contributed by atoms with Gasteiger partial charge in [0.2, 0.25) is 0 Å². The summed E-state index contributed by atoms with van der Waals surface area (Å²) in [6.45, 7) is 4.25. The van der Waals surface area contributed by atoms with Crippen molar-refractivity contribution in [1.82, 2.24) is 0 Å². The van der Waals surface area contributed by atoms with Gasteiger partial charge in [0.1, 0.15) is 0 Å². The lowest BCUT2D eigenvalue weighted by molar-refractivity contribution is 0.103. The third kappa shape index (κ3) is 3.14. The van der Waals surface area contributed by atoms with E-state index in [0.717, 1.165) is 29.2 Å². The number of thiophene rings is 1. The molecule has 2 nitrogen and oxygen atoms in total. The number of hydrogen-bond acceptors (Lipinski definition) is 2. The van der Waals surface area contributed by atoms with Gasteiger partial charge < -0.3 is 5.32 Å². The molecule has 2 aromatic rings. The fourth-order valence-electron chi connectivity index (χ4n) is 2.72. The van der Waals surface area contributed by atoms with Crippen molar-refractivity contribution in [2.75, 3.05) is 5.32 Å². The van der Waals surface area contributed by atoms with Gasteiger partial charge in [-0.1, -0.05) is 24.6 Å². The monoisotopic (exact) mass is 319 g/mol. The smallest absolute Gasteiger partial charge is 0.265 e. The van der Waals surface area contributed by atoms with E-state index in [0.29, 0.717) is 10.7 Å². The van der Waals surface area contributed by atoms with Crippen molar-refractivity contribution in [1.29, 1.82) is 0 Å². The summed E-state index contributed by atoms with van der Waals surface area (Å²) in [6.07, 6.45) is 3.41. The van der Waals surface area contributed by atoms with Gasteiger partial charge in [0, 0.05) is 4.88 Å². The molecule has 1 aromatic carbocycles. The maximum absolute atomic E-state index is 12.4. The second-order valence-corrected chi connectivity index (χ2v) is 7.39. The Morgan fingerprint density at radius 2 is 2.19 bits per heavy atom. The number of amides is 1. The first kappa shape index (κ1) is 14.6. The van der Waals surface area contributed by atoms with Gasteiger partial charge in [-0.2, -0.15) is 0 Å². The maximum Gasteiger partial charge on any atom is 0.265 e. The van der Waals surface area contributed by atoms with Crippen LogP contribution < -0.4 is 5.32 Å². The average molecular weight is 320 g/mol. The number of aryl methyl sites for hydroxylation is 2. The minimum atomic E-state index is -0.0622. The molecule has 0 spiro atoms. The van der Waals surface area contributed by atoms with Crippen LogP contribution in [-0.2, 0) is 12.8 Å². The quantitative estimate of drug-likeness (QED) is 0.821. The van der Waals surface area contributed by atoms with E-state index in [4.69, 9.17) is 11.6 Å². The lowest BCUT2D eigenvalue weighted by Gasteiger charge is -2.16. The largest absolute Gasteiger partial charge is 0.320 e. The molecule has 1 heterocycles. The van der Waals surface area contributed by atoms with Crippen LogP contribution in [0.4, 0.5) is 5.69 Å². The van der Waals surface area contributed by atoms with Gasteiger partial charge in [-0.25, -0.2) is 0 Å². The number of anilines is 1. The van der Waals surface area contributed by atoms with E-state index in [1.807, 2.05) is 31.2 Å². The van der Waals surface area contributed by atoms with Crippen molar-refractivity contribution in [3.63, 3.8) is 0 Å². The lowest BCUT2D eigenvalue weighted by atomic mass is 9.90. The highest BCUT2D eigenvalue weighted by Gasteiger charge is 2.21. The minimum absolute atomic E-state index is 0.0622. The van der Waals surface area contributed by atoms with Crippen LogP contribution >= 0.6 is 22.9 Å². The Bertz CT molecular complexity index is 692. The summed E-state index contributed by atoms with van der Waals surface area (Å²) < 4.78 is 0. The number of carbonyl (C=O) groups is 1. The number of benzene rings is 1. The first-order valence-electron chi connectivity index (χ1n) is 7.22. The molecule has 0 saturated heterocycles. The first-order valence-corrected chi connectivity index (χ1v) is 8.41. The Kier molecular flexibility index (Phi) is 4.05. The summed E-state index contributed by atoms with van der Waals surface area (Å²) in [5.74, 6) is 0.655. The molecular formula is C17H18ClNOS. The molecule has 1 aliphatic rings. The van der Waals surface area contributed by atoms with E-state index in [1.165, 1.54) is 16.9 Å². The minimum Gasteiger partial charge on any atom is -0.320 e. The Hall–Kier alpha value is -1.32. The molecule has 3 rings (SSSR count). The average Bonchev–Trinajstić information content (AvgIpc) is 2.85. The molecule has 0 aliphatic heterocycles. The van der Waals surface area contributed by atoms with Crippen molar-refractivity contribution in [3.8, 4) is 0 Å². The zero-order valence-electron chi connectivity index (χ0n) is 12.2. The van der Waals surface area contributed by atoms with Gasteiger partial charge in [-0.3, -0.25) is 4.79 Å². The molecule has 0 saturated carbocycles. The fourth-order valence-corrected chi connectivity index (χ4v) is 4.11. The second-order valence-electron chi connectivity index (χ2n) is 5.84. The third-order valence-electron chi connectivity index (χ3n) is 3.93. The van der Waals surface area contributed by atoms with Gasteiger partial charge in [0.25, 0.3) is 5.91 Å². The molecule has 0 radical (unpaired) electrons. The van der Waals surface area contributed by atoms with Crippen molar-refractivity contribution in [2.24, 2.45) is 5.92 Å². The molecule has 1 aromatic heterocycles. The molecule has 1 atom stereocenters. The van der Waals surface area contributed by atoms with Gasteiger partial charge in [-0.05, 0) is 61.4 Å². The molecule has 0 unspecified atom stereocenters. The Morgan fingerprint density at radius 3 is 2.95 bits per heavy atom. The topological polar surface area (TPSA) is 29.1 Å². The maximum atomic E-state index is 12.4. The summed E-state index contributed by atoms with van der Waals surface area (Å²) >= 11 is 7.79. The first-order chi connectivity index (χ1) is 10.0. The van der Waals surface area contributed by atoms with Crippen LogP contribution in [0.3, 0.4) is 0 Å². The van der Waals surface area contributed by atoms with Crippen molar-refractivity contribution in [2.45, 2.75) is 33.1 Å². The Morgan fingerprint density at radius 1 is 1.38 bits per heavy atom. The van der Waals surface area contributed by atoms with E-state index in [2.05, 4.69) is 12.2 Å². The van der Waals surface area contributed by atoms with Gasteiger partial charge in [0.05, 0.1) is 15.6 Å². The summed E-state index contributed by atoms with van der Waals surface area (Å²) in [7, 11) is 0. The Labute approximate surface area is 134 Å². The summed E-state index contributed by atoms with van der Waals surface area (Å²) in [4.78, 5) is 14.5. The molecule has 4 heteroatoms. The number of nitrogens with one attached hydrogen (secondary N) is 1. The SMILES string of the molecule is Cc1ccc(NC(=O)c2cc3c(s2)CC[C@H](C)C3)c(Cl)c1. The number of fused-ring (bicyclic) bond motifs is 1. The Balaban J connectivity index is 1.79. The molecular weight excluding hydrogens is 302 g/mol. The number of rotatable bonds is 2. The van der Waals surface area contributed by atoms with Crippen LogP contribution in [0.1, 0.15) is 39.0 Å². The van der Waals surface area contributed by atoms with Crippen molar-refractivity contribution < 1.29 is 4.79 Å². The fraction of sp³-hybridized carbons (Fsp3) is 0.353. The summed E-state index contributed by atoms with van der Waals surface area (Å²) in [6, 6.07) is 7.71. The summed E-state index contributed by atoms with van der Waals surface area (Å²) in [5, 5.41) is 3.50. The van der Waals surface area contributed by atoms with Crippen LogP contribution in [0.25, 0.3) is 0 Å². The van der Waals surface area contributed by atoms with Gasteiger partial charge in [-0.15, -0.1) is 11.3 Å². The zero-order chi connectivity index (χ0) is 15.0. The molecule has 1 N–H and O–H groups in total. The number of hydrogen-bond donors (Lipinski definition) is 1. The zero-order valence-corrected chi connectivity index (χ0v) is 13.8. The third-order valence-corrected chi connectivity index (χ3v) is 5.47. The van der Waals surface area contributed by atoms with E-state index < -0.39 is 0 Å². The standard InChI is InChI=1S/C17H18ClNOS/c1-10-4-6-15-12(7-10)9-16(21-15)17(20)19-14-5-3-11(2)8-13(14)18/h3,5,8-10H,4,6-7H2,1-2H3,(H,19,20)/t10-/m0/s1. The van der Waals surface area contributed by atoms with Crippen LogP contribution in [0.2, 0.25) is 5.02 Å². The molecule has 0 fully saturated rings. The molecule has 1 amide bonds. The van der Waals surface area contributed by atoms with Crippen molar-refractivity contribution >= 4 is 34.5 Å². The van der Waals surface area contributed by atoms with Crippen LogP contribution in [0.15, 0.2) is 24.3 Å². The van der Waals surface area contributed by atoms with Gasteiger partial charge >= 0.3 is 0 Å². The van der Waals surface area contributed by atoms with Crippen LogP contribution in [-0.4, -0.2) is 5.91 Å². The lowest BCUT2D eigenvalue weighted by Crippen LogP contribution is -2.10. The van der Waals surface area contributed by atoms with E-state index >= 15 is 0 Å². The predicted octanol–water partition coefficient (Wildman–Crippen LogP) is 5.09. The van der Waals surface area contributed by atoms with Crippen LogP contribution in [0, 0.1) is 12.8 Å². The molecule has 21 heavy (non-hydrogen) atoms. The van der Waals surface area contributed by atoms with Gasteiger partial charge in [0.15, 0.2) is 0 Å². The van der Waals surface area contributed by atoms with E-state index in [9.17, 15) is 4.79 Å². The van der Waals surface area contributed by atoms with Crippen LogP contribution in [0.5, 0.6) is 0 Å². The van der Waals surface area contributed by atoms with E-state index in [-0.39, 0.29) is 5.91 Å². The highest BCUT2D eigenvalue weighted by molar-refractivity contribution is 7.14. The number of halogens is 1. The number of carbonyl (C=O) groups excluding carboxylic acids is 1. The molecule has 1 aliphatic carbocycles. The molecule has 0 bridgehead atoms. The second kappa shape index (κ2) is 5.82. The predicted molar refractivity (Wildman–Crippen MR) is 89.7 cm³/mol. The summed E-state index contributed by atoms with van der Waals surface area (Å²) in [5.41, 5.74) is 3.10. The molecule has 110 valence electrons. The normalized spacial score (nSPS) is 17.4. The highest BCUT2D eigenvalue weighted by atomic mass is 35.5.